The standard InChI is InChI=1S/C19H18F3N3O5/c1-11-23-18(19(20,21)22,17(27)25(11)10-13-5-4-8-30-13)24-16(26)12-6-7-14(28-2)15(9-12)29-3/h4-9H,10H2,1-3H3,(H,24,26). The van der Waals surface area contributed by atoms with Crippen LogP contribution >= 0.6 is 0 Å². The van der Waals surface area contributed by atoms with Crippen LogP contribution in [0.25, 0.3) is 0 Å². The summed E-state index contributed by atoms with van der Waals surface area (Å²) in [7, 11) is 2.69. The minimum absolute atomic E-state index is 0.142. The summed E-state index contributed by atoms with van der Waals surface area (Å²) in [6.07, 6.45) is -3.85. The first kappa shape index (κ1) is 21.2. The normalized spacial score (nSPS) is 18.9. The Labute approximate surface area is 169 Å². The van der Waals surface area contributed by atoms with Crippen LogP contribution in [0.5, 0.6) is 11.5 Å². The van der Waals surface area contributed by atoms with Crippen LogP contribution in [0.15, 0.2) is 46.0 Å². The van der Waals surface area contributed by atoms with E-state index in [9.17, 15) is 22.8 Å². The van der Waals surface area contributed by atoms with Crippen molar-refractivity contribution in [1.29, 1.82) is 0 Å². The lowest BCUT2D eigenvalue weighted by molar-refractivity contribution is -0.196. The number of amidine groups is 1. The van der Waals surface area contributed by atoms with Gasteiger partial charge in [0.2, 0.25) is 0 Å². The van der Waals surface area contributed by atoms with Gasteiger partial charge in [-0.25, -0.2) is 4.99 Å². The smallest absolute Gasteiger partial charge is 0.442 e. The molecule has 1 unspecified atom stereocenters. The Morgan fingerprint density at radius 3 is 2.50 bits per heavy atom. The summed E-state index contributed by atoms with van der Waals surface area (Å²) in [6, 6.07) is 6.86. The van der Waals surface area contributed by atoms with Gasteiger partial charge in [-0.05, 0) is 37.3 Å². The molecular formula is C19H18F3N3O5. The summed E-state index contributed by atoms with van der Waals surface area (Å²) in [4.78, 5) is 29.7. The maximum absolute atomic E-state index is 14.0. The minimum Gasteiger partial charge on any atom is -0.493 e. The van der Waals surface area contributed by atoms with Crippen molar-refractivity contribution in [3.63, 3.8) is 0 Å². The SMILES string of the molecule is COc1ccc(C(=O)NC2(C(F)(F)F)N=C(C)N(Cc3ccco3)C2=O)cc1OC. The maximum atomic E-state index is 14.0. The first-order valence-electron chi connectivity index (χ1n) is 8.65. The largest absolute Gasteiger partial charge is 0.493 e. The Balaban J connectivity index is 1.94. The highest BCUT2D eigenvalue weighted by molar-refractivity contribution is 6.10. The average Bonchev–Trinajstić information content (AvgIpc) is 3.30. The lowest BCUT2D eigenvalue weighted by Gasteiger charge is -2.29. The number of nitrogens with one attached hydrogen (secondary N) is 1. The van der Waals surface area contributed by atoms with E-state index < -0.39 is 23.7 Å². The fourth-order valence-corrected chi connectivity index (χ4v) is 2.99. The third-order valence-corrected chi connectivity index (χ3v) is 4.52. The molecule has 1 aliphatic heterocycles. The molecule has 2 amide bonds. The van der Waals surface area contributed by atoms with Crippen molar-refractivity contribution in [2.45, 2.75) is 25.3 Å². The van der Waals surface area contributed by atoms with Gasteiger partial charge < -0.3 is 19.2 Å². The van der Waals surface area contributed by atoms with E-state index >= 15 is 0 Å². The molecule has 160 valence electrons. The summed E-state index contributed by atoms with van der Waals surface area (Å²) >= 11 is 0. The number of carbonyl (C=O) groups is 2. The number of amides is 2. The van der Waals surface area contributed by atoms with Crippen molar-refractivity contribution >= 4 is 17.6 Å². The number of ether oxygens (including phenoxy) is 2. The Hall–Kier alpha value is -3.50. The zero-order valence-corrected chi connectivity index (χ0v) is 16.2. The Morgan fingerprint density at radius 1 is 1.23 bits per heavy atom. The molecule has 8 nitrogen and oxygen atoms in total. The van der Waals surface area contributed by atoms with Crippen LogP contribution < -0.4 is 14.8 Å². The highest BCUT2D eigenvalue weighted by Crippen LogP contribution is 2.38. The first-order chi connectivity index (χ1) is 14.1. The molecule has 0 fully saturated rings. The topological polar surface area (TPSA) is 93.4 Å². The van der Waals surface area contributed by atoms with Crippen LogP contribution in [-0.2, 0) is 11.3 Å². The molecule has 1 atom stereocenters. The van der Waals surface area contributed by atoms with Gasteiger partial charge in [0.15, 0.2) is 11.5 Å². The lowest BCUT2D eigenvalue weighted by Crippen LogP contribution is -2.63. The van der Waals surface area contributed by atoms with Crippen molar-refractivity contribution in [3.8, 4) is 11.5 Å². The molecular weight excluding hydrogens is 407 g/mol. The fraction of sp³-hybridized carbons (Fsp3) is 0.316. The Kier molecular flexibility index (Phi) is 5.47. The molecule has 11 heteroatoms. The predicted octanol–water partition coefficient (Wildman–Crippen LogP) is 2.75. The van der Waals surface area contributed by atoms with Gasteiger partial charge in [-0.2, -0.15) is 13.2 Å². The molecule has 2 aromatic rings. The van der Waals surface area contributed by atoms with Crippen LogP contribution in [0.4, 0.5) is 13.2 Å². The van der Waals surface area contributed by atoms with E-state index in [2.05, 4.69) is 4.99 Å². The van der Waals surface area contributed by atoms with E-state index in [1.54, 1.807) is 5.32 Å². The minimum atomic E-state index is -5.19. The molecule has 1 aliphatic rings. The highest BCUT2D eigenvalue weighted by Gasteiger charge is 2.66. The van der Waals surface area contributed by atoms with Crippen molar-refractivity contribution in [2.75, 3.05) is 14.2 Å². The van der Waals surface area contributed by atoms with Gasteiger partial charge in [0.05, 0.1) is 27.0 Å². The van der Waals surface area contributed by atoms with Crippen LogP contribution in [0.3, 0.4) is 0 Å². The molecule has 30 heavy (non-hydrogen) atoms. The van der Waals surface area contributed by atoms with Crippen molar-refractivity contribution in [3.05, 3.63) is 47.9 Å². The van der Waals surface area contributed by atoms with Gasteiger partial charge in [0.1, 0.15) is 11.6 Å². The average molecular weight is 425 g/mol. The molecule has 0 spiro atoms. The number of nitrogens with zero attached hydrogens (tertiary/aromatic N) is 2. The van der Waals surface area contributed by atoms with E-state index in [-0.39, 0.29) is 35.2 Å². The summed E-state index contributed by atoms with van der Waals surface area (Å²) < 4.78 is 57.2. The predicted molar refractivity (Wildman–Crippen MR) is 98.2 cm³/mol. The van der Waals surface area contributed by atoms with Gasteiger partial charge >= 0.3 is 11.8 Å². The van der Waals surface area contributed by atoms with E-state index in [0.29, 0.717) is 0 Å². The van der Waals surface area contributed by atoms with Crippen LogP contribution in [0, 0.1) is 0 Å². The first-order valence-corrected chi connectivity index (χ1v) is 8.65. The number of hydrogen-bond acceptors (Lipinski definition) is 6. The van der Waals surface area contributed by atoms with Crippen LogP contribution in [-0.4, -0.2) is 48.6 Å². The monoisotopic (exact) mass is 425 g/mol. The summed E-state index contributed by atoms with van der Waals surface area (Å²) in [5.74, 6) is -2.10. The number of aliphatic imine (C=N–C) groups is 1. The van der Waals surface area contributed by atoms with Crippen LogP contribution in [0.2, 0.25) is 0 Å². The zero-order chi connectivity index (χ0) is 22.1. The number of methoxy groups -OCH3 is 2. The fourth-order valence-electron chi connectivity index (χ4n) is 2.99. The number of benzene rings is 1. The molecule has 0 saturated heterocycles. The van der Waals surface area contributed by atoms with Crippen molar-refractivity contribution in [1.82, 2.24) is 10.2 Å². The summed E-state index contributed by atoms with van der Waals surface area (Å²) in [6.45, 7) is 0.988. The number of furan rings is 1. The molecule has 3 rings (SSSR count). The van der Waals surface area contributed by atoms with Crippen molar-refractivity contribution in [2.24, 2.45) is 4.99 Å². The second kappa shape index (κ2) is 7.73. The van der Waals surface area contributed by atoms with E-state index in [4.69, 9.17) is 13.9 Å². The maximum Gasteiger partial charge on any atom is 0.442 e. The molecule has 0 bridgehead atoms. The number of hydrogen-bond donors (Lipinski definition) is 1. The van der Waals surface area contributed by atoms with Gasteiger partial charge in [0.25, 0.3) is 11.8 Å². The number of rotatable bonds is 6. The molecule has 0 aliphatic carbocycles. The molecule has 1 aromatic heterocycles. The van der Waals surface area contributed by atoms with Gasteiger partial charge in [0, 0.05) is 5.56 Å². The van der Waals surface area contributed by atoms with E-state index in [0.717, 1.165) is 4.90 Å². The zero-order valence-electron chi connectivity index (χ0n) is 16.2. The number of alkyl halides is 3. The van der Waals surface area contributed by atoms with E-state index in [1.807, 2.05) is 0 Å². The number of carbonyl (C=O) groups excluding carboxylic acids is 2. The van der Waals surface area contributed by atoms with Crippen molar-refractivity contribution < 1.29 is 36.7 Å². The van der Waals surface area contributed by atoms with Gasteiger partial charge in [-0.15, -0.1) is 0 Å². The summed E-state index contributed by atoms with van der Waals surface area (Å²) in [5, 5.41) is 1.76. The Bertz CT molecular complexity index is 988. The highest BCUT2D eigenvalue weighted by atomic mass is 19.4. The quantitative estimate of drug-likeness (QED) is 0.768. The Morgan fingerprint density at radius 2 is 1.93 bits per heavy atom. The summed E-state index contributed by atoms with van der Waals surface area (Å²) in [5.41, 5.74) is -3.62. The van der Waals surface area contributed by atoms with E-state index in [1.165, 1.54) is 57.7 Å². The van der Waals surface area contributed by atoms with Crippen LogP contribution in [0.1, 0.15) is 23.0 Å². The lowest BCUT2D eigenvalue weighted by atomic mass is 10.1. The molecule has 1 aromatic carbocycles. The molecule has 0 radical (unpaired) electrons. The third kappa shape index (κ3) is 3.58. The molecule has 0 saturated carbocycles. The third-order valence-electron chi connectivity index (χ3n) is 4.52. The molecule has 2 heterocycles. The molecule has 1 N–H and O–H groups in total. The number of halogens is 3. The second-order valence-electron chi connectivity index (χ2n) is 6.36. The van der Waals surface area contributed by atoms with Gasteiger partial charge in [-0.1, -0.05) is 0 Å². The second-order valence-corrected chi connectivity index (χ2v) is 6.36. The van der Waals surface area contributed by atoms with Gasteiger partial charge in [-0.3, -0.25) is 14.5 Å².